The highest BCUT2D eigenvalue weighted by atomic mass is 35.5. The van der Waals surface area contributed by atoms with Crippen LogP contribution in [0.1, 0.15) is 23.3 Å². The summed E-state index contributed by atoms with van der Waals surface area (Å²) in [6.45, 7) is 2.23. The number of carbonyl (C=O) groups is 1. The number of amides is 1. The Morgan fingerprint density at radius 2 is 2.22 bits per heavy atom. The van der Waals surface area contributed by atoms with E-state index in [0.717, 1.165) is 25.9 Å². The van der Waals surface area contributed by atoms with Crippen molar-refractivity contribution in [3.8, 4) is 0 Å². The molecule has 3 fully saturated rings. The second kappa shape index (κ2) is 6.17. The van der Waals surface area contributed by atoms with Crippen molar-refractivity contribution in [3.63, 3.8) is 0 Å². The van der Waals surface area contributed by atoms with Gasteiger partial charge in [-0.2, -0.15) is 0 Å². The zero-order valence-electron chi connectivity index (χ0n) is 15.0. The summed E-state index contributed by atoms with van der Waals surface area (Å²) in [5.41, 5.74) is 0.299. The zero-order valence-corrected chi connectivity index (χ0v) is 15.8. The van der Waals surface area contributed by atoms with E-state index in [2.05, 4.69) is 25.2 Å². The number of hydrogen-bond donors (Lipinski definition) is 1. The van der Waals surface area contributed by atoms with E-state index in [1.807, 2.05) is 7.05 Å². The Morgan fingerprint density at radius 3 is 2.96 bits per heavy atom. The molecule has 8 nitrogen and oxygen atoms in total. The second-order valence-electron chi connectivity index (χ2n) is 7.75. The number of rotatable bonds is 4. The van der Waals surface area contributed by atoms with Crippen molar-refractivity contribution in [3.05, 3.63) is 35.6 Å². The molecule has 142 valence electrons. The van der Waals surface area contributed by atoms with Gasteiger partial charge < -0.3 is 19.5 Å². The molecule has 0 aliphatic carbocycles. The van der Waals surface area contributed by atoms with Crippen LogP contribution >= 0.6 is 11.6 Å². The summed E-state index contributed by atoms with van der Waals surface area (Å²) in [5, 5.41) is 3.58. The lowest BCUT2D eigenvalue weighted by Gasteiger charge is -2.29. The van der Waals surface area contributed by atoms with Crippen LogP contribution in [0.3, 0.4) is 0 Å². The number of nitrogens with one attached hydrogen (secondary N) is 1. The van der Waals surface area contributed by atoms with Crippen molar-refractivity contribution in [1.29, 1.82) is 0 Å². The molecule has 0 radical (unpaired) electrons. The maximum Gasteiger partial charge on any atom is 0.271 e. The molecule has 2 aromatic rings. The first-order valence-corrected chi connectivity index (χ1v) is 9.58. The summed E-state index contributed by atoms with van der Waals surface area (Å²) < 4.78 is 8.19. The minimum Gasteiger partial charge on any atom is -0.369 e. The smallest absolute Gasteiger partial charge is 0.271 e. The number of aryl methyl sites for hydroxylation is 1. The fraction of sp³-hybridized carbons (Fsp3) is 0.556. The summed E-state index contributed by atoms with van der Waals surface area (Å²) in [5.74, 6) is 1.21. The van der Waals surface area contributed by atoms with Gasteiger partial charge in [0.15, 0.2) is 0 Å². The molecule has 2 bridgehead atoms. The van der Waals surface area contributed by atoms with Gasteiger partial charge in [0, 0.05) is 38.2 Å². The van der Waals surface area contributed by atoms with Crippen LogP contribution in [-0.2, 0) is 11.8 Å². The third-order valence-corrected chi connectivity index (χ3v) is 6.30. The molecule has 5 rings (SSSR count). The van der Waals surface area contributed by atoms with Crippen LogP contribution in [0.4, 0.5) is 5.95 Å². The monoisotopic (exact) mass is 388 g/mol. The predicted octanol–water partition coefficient (Wildman–Crippen LogP) is 1.28. The number of ether oxygens (including phenoxy) is 1. The molecule has 1 N–H and O–H groups in total. The van der Waals surface area contributed by atoms with E-state index in [4.69, 9.17) is 16.3 Å². The summed E-state index contributed by atoms with van der Waals surface area (Å²) in [4.78, 5) is 27.4. The van der Waals surface area contributed by atoms with E-state index in [0.29, 0.717) is 35.0 Å². The van der Waals surface area contributed by atoms with Gasteiger partial charge in [0.05, 0.1) is 42.0 Å². The lowest BCUT2D eigenvalue weighted by atomic mass is 9.73. The van der Waals surface area contributed by atoms with Gasteiger partial charge in [0.25, 0.3) is 5.91 Å². The number of aromatic nitrogens is 4. The molecule has 5 heterocycles. The van der Waals surface area contributed by atoms with Gasteiger partial charge in [-0.15, -0.1) is 0 Å². The number of carbonyl (C=O) groups excluding carboxylic acids is 1. The van der Waals surface area contributed by atoms with Crippen molar-refractivity contribution in [2.75, 3.05) is 24.5 Å². The molecule has 9 heteroatoms. The lowest BCUT2D eigenvalue weighted by molar-refractivity contribution is 0.0141. The van der Waals surface area contributed by atoms with Crippen LogP contribution in [0.2, 0.25) is 5.02 Å². The van der Waals surface area contributed by atoms with Crippen LogP contribution in [0.25, 0.3) is 0 Å². The first-order chi connectivity index (χ1) is 13.0. The van der Waals surface area contributed by atoms with Gasteiger partial charge in [-0.3, -0.25) is 4.79 Å². The molecule has 2 aromatic heterocycles. The highest BCUT2D eigenvalue weighted by molar-refractivity contribution is 6.30. The molecular weight excluding hydrogens is 368 g/mol. The number of fused-ring (bicyclic) bond motifs is 1. The van der Waals surface area contributed by atoms with Crippen molar-refractivity contribution in [2.45, 2.75) is 24.5 Å². The molecule has 27 heavy (non-hydrogen) atoms. The van der Waals surface area contributed by atoms with Crippen molar-refractivity contribution < 1.29 is 9.53 Å². The highest BCUT2D eigenvalue weighted by Crippen LogP contribution is 2.54. The topological polar surface area (TPSA) is 85.2 Å². The van der Waals surface area contributed by atoms with E-state index >= 15 is 0 Å². The zero-order chi connectivity index (χ0) is 18.6. The van der Waals surface area contributed by atoms with Crippen molar-refractivity contribution >= 4 is 23.5 Å². The molecular formula is C18H21ClN6O2. The molecule has 3 saturated heterocycles. The third-order valence-electron chi connectivity index (χ3n) is 6.11. The number of imidazole rings is 1. The maximum absolute atomic E-state index is 12.4. The Bertz CT molecular complexity index is 871. The average Bonchev–Trinajstić information content (AvgIpc) is 3.40. The predicted molar refractivity (Wildman–Crippen MR) is 98.6 cm³/mol. The Balaban J connectivity index is 1.29. The summed E-state index contributed by atoms with van der Waals surface area (Å²) >= 11 is 5.91. The maximum atomic E-state index is 12.4. The molecule has 0 saturated carbocycles. The number of nitrogens with zero attached hydrogens (tertiary/aromatic N) is 5. The van der Waals surface area contributed by atoms with Gasteiger partial charge in [-0.05, 0) is 12.8 Å². The Hall–Kier alpha value is -2.19. The summed E-state index contributed by atoms with van der Waals surface area (Å²) in [7, 11) is 1.85. The summed E-state index contributed by atoms with van der Waals surface area (Å²) in [6, 6.07) is 0. The minimum atomic E-state index is -0.145. The number of halogens is 1. The molecule has 1 spiro atoms. The summed E-state index contributed by atoms with van der Waals surface area (Å²) in [6.07, 6.45) is 8.91. The van der Waals surface area contributed by atoms with E-state index in [1.165, 1.54) is 0 Å². The minimum absolute atomic E-state index is 0.136. The van der Waals surface area contributed by atoms with E-state index in [9.17, 15) is 4.79 Å². The quantitative estimate of drug-likeness (QED) is 0.849. The second-order valence-corrected chi connectivity index (χ2v) is 8.18. The van der Waals surface area contributed by atoms with E-state index in [-0.39, 0.29) is 17.6 Å². The lowest BCUT2D eigenvalue weighted by Crippen LogP contribution is -2.42. The van der Waals surface area contributed by atoms with Crippen molar-refractivity contribution in [2.24, 2.45) is 18.9 Å². The highest BCUT2D eigenvalue weighted by Gasteiger charge is 2.63. The van der Waals surface area contributed by atoms with Crippen LogP contribution < -0.4 is 10.2 Å². The number of hydrogen-bond acceptors (Lipinski definition) is 6. The molecule has 1 amide bonds. The van der Waals surface area contributed by atoms with E-state index in [1.54, 1.807) is 29.5 Å². The molecule has 0 unspecified atom stereocenters. The fourth-order valence-electron chi connectivity index (χ4n) is 4.92. The average molecular weight is 389 g/mol. The number of anilines is 1. The first-order valence-electron chi connectivity index (χ1n) is 9.20. The Kier molecular flexibility index (Phi) is 3.87. The van der Waals surface area contributed by atoms with Crippen LogP contribution in [0.5, 0.6) is 0 Å². The first kappa shape index (κ1) is 16.9. The largest absolute Gasteiger partial charge is 0.369 e. The third kappa shape index (κ3) is 2.78. The van der Waals surface area contributed by atoms with Crippen LogP contribution in [-0.4, -0.2) is 56.8 Å². The van der Waals surface area contributed by atoms with Crippen LogP contribution in [0, 0.1) is 11.8 Å². The molecule has 3 aliphatic rings. The normalized spacial score (nSPS) is 31.3. The molecule has 0 aromatic carbocycles. The molecule has 4 atom stereocenters. The standard InChI is InChI=1S/C18H21ClN6O2/c1-24-8-14(23-10-24)16(26)20-6-12-13-7-25(17-21-4-11(19)5-22-17)9-18(13)3-2-15(12)27-18/h4-5,8,10,12-13,15H,2-3,6-7,9H2,1H3,(H,20,26)/t12-,13+,15+,18+/m0/s1. The molecule has 3 aliphatic heterocycles. The van der Waals surface area contributed by atoms with Gasteiger partial charge in [-0.1, -0.05) is 11.6 Å². The van der Waals surface area contributed by atoms with E-state index < -0.39 is 0 Å². The van der Waals surface area contributed by atoms with Crippen molar-refractivity contribution in [1.82, 2.24) is 24.8 Å². The van der Waals surface area contributed by atoms with Crippen LogP contribution in [0.15, 0.2) is 24.9 Å². The van der Waals surface area contributed by atoms with Gasteiger partial charge in [0.2, 0.25) is 5.95 Å². The Morgan fingerprint density at radius 1 is 1.41 bits per heavy atom. The van der Waals surface area contributed by atoms with Gasteiger partial charge in [-0.25, -0.2) is 15.0 Å². The van der Waals surface area contributed by atoms with Gasteiger partial charge in [0.1, 0.15) is 5.69 Å². The fourth-order valence-corrected chi connectivity index (χ4v) is 5.01. The Labute approximate surface area is 161 Å². The SMILES string of the molecule is Cn1cnc(C(=O)NC[C@H]2[C@H]3CN(c4ncc(Cl)cn4)C[C@]34CC[C@H]2O4)c1. The van der Waals surface area contributed by atoms with Gasteiger partial charge >= 0.3 is 0 Å².